The van der Waals surface area contributed by atoms with E-state index in [1.165, 1.54) is 12.8 Å². The van der Waals surface area contributed by atoms with Crippen LogP contribution in [-0.2, 0) is 4.79 Å². The molecule has 0 radical (unpaired) electrons. The lowest BCUT2D eigenvalue weighted by Gasteiger charge is -2.27. The first-order valence-corrected chi connectivity index (χ1v) is 8.36. The molecule has 2 heterocycles. The molecule has 3 aliphatic rings. The SMILES string of the molecule is N#CC1(NC(=O)CN2CC3CNCC3C2)CCCCCC1. The third-order valence-electron chi connectivity index (χ3n) is 5.38. The number of carbonyl (C=O) groups excluding carboxylic acids is 1. The second kappa shape index (κ2) is 6.33. The second-order valence-corrected chi connectivity index (χ2v) is 7.03. The molecule has 2 saturated heterocycles. The predicted octanol–water partition coefficient (Wildman–Crippen LogP) is 0.870. The summed E-state index contributed by atoms with van der Waals surface area (Å²) in [5.41, 5.74) is -0.606. The van der Waals surface area contributed by atoms with Gasteiger partial charge in [0.1, 0.15) is 5.54 Å². The summed E-state index contributed by atoms with van der Waals surface area (Å²) >= 11 is 0. The van der Waals surface area contributed by atoms with Gasteiger partial charge in [-0.25, -0.2) is 0 Å². The Bertz CT molecular complexity index is 410. The van der Waals surface area contributed by atoms with E-state index in [9.17, 15) is 10.1 Å². The smallest absolute Gasteiger partial charge is 0.235 e. The molecule has 116 valence electrons. The van der Waals surface area contributed by atoms with Gasteiger partial charge in [-0.05, 0) is 37.8 Å². The molecule has 3 rings (SSSR count). The van der Waals surface area contributed by atoms with E-state index in [4.69, 9.17) is 0 Å². The number of rotatable bonds is 3. The van der Waals surface area contributed by atoms with Gasteiger partial charge in [-0.2, -0.15) is 5.26 Å². The van der Waals surface area contributed by atoms with E-state index >= 15 is 0 Å². The number of nitriles is 1. The van der Waals surface area contributed by atoms with Gasteiger partial charge in [0.05, 0.1) is 12.6 Å². The highest BCUT2D eigenvalue weighted by Gasteiger charge is 2.38. The monoisotopic (exact) mass is 290 g/mol. The normalized spacial score (nSPS) is 32.1. The zero-order valence-electron chi connectivity index (χ0n) is 12.7. The van der Waals surface area contributed by atoms with Crippen molar-refractivity contribution in [2.45, 2.75) is 44.1 Å². The number of nitrogens with zero attached hydrogens (tertiary/aromatic N) is 2. The van der Waals surface area contributed by atoms with Crippen molar-refractivity contribution in [3.05, 3.63) is 0 Å². The van der Waals surface area contributed by atoms with Crippen LogP contribution in [0.2, 0.25) is 0 Å². The molecule has 0 aromatic heterocycles. The Morgan fingerprint density at radius 2 is 1.81 bits per heavy atom. The van der Waals surface area contributed by atoms with E-state index < -0.39 is 5.54 Å². The Kier molecular flexibility index (Phi) is 4.46. The number of likely N-dealkylation sites (tertiary alicyclic amines) is 1. The van der Waals surface area contributed by atoms with Crippen molar-refractivity contribution in [3.8, 4) is 6.07 Å². The molecular formula is C16H26N4O. The van der Waals surface area contributed by atoms with Crippen LogP contribution < -0.4 is 10.6 Å². The van der Waals surface area contributed by atoms with Crippen LogP contribution in [0.15, 0.2) is 0 Å². The fourth-order valence-corrected chi connectivity index (χ4v) is 4.19. The molecule has 21 heavy (non-hydrogen) atoms. The molecule has 0 spiro atoms. The Hall–Kier alpha value is -1.12. The second-order valence-electron chi connectivity index (χ2n) is 7.03. The zero-order chi connectivity index (χ0) is 14.7. The van der Waals surface area contributed by atoms with Gasteiger partial charge in [-0.15, -0.1) is 0 Å². The summed E-state index contributed by atoms with van der Waals surface area (Å²) in [6, 6.07) is 2.39. The number of fused-ring (bicyclic) bond motifs is 1. The van der Waals surface area contributed by atoms with Crippen LogP contribution >= 0.6 is 0 Å². The van der Waals surface area contributed by atoms with Crippen molar-refractivity contribution in [2.75, 3.05) is 32.7 Å². The summed E-state index contributed by atoms with van der Waals surface area (Å²) in [5, 5.41) is 16.0. The quantitative estimate of drug-likeness (QED) is 0.757. The molecule has 2 aliphatic heterocycles. The highest BCUT2D eigenvalue weighted by Crippen LogP contribution is 2.28. The molecule has 2 unspecified atom stereocenters. The third-order valence-corrected chi connectivity index (χ3v) is 5.38. The fraction of sp³-hybridized carbons (Fsp3) is 0.875. The lowest BCUT2D eigenvalue weighted by Crippen LogP contribution is -2.50. The van der Waals surface area contributed by atoms with E-state index in [-0.39, 0.29) is 5.91 Å². The van der Waals surface area contributed by atoms with Crippen LogP contribution in [0.5, 0.6) is 0 Å². The number of hydrogen-bond acceptors (Lipinski definition) is 4. The lowest BCUT2D eigenvalue weighted by atomic mass is 9.92. The lowest BCUT2D eigenvalue weighted by molar-refractivity contribution is -0.123. The molecule has 0 aromatic rings. The van der Waals surface area contributed by atoms with Crippen molar-refractivity contribution in [1.82, 2.24) is 15.5 Å². The molecule has 2 atom stereocenters. The molecule has 1 amide bonds. The van der Waals surface area contributed by atoms with Crippen molar-refractivity contribution in [2.24, 2.45) is 11.8 Å². The van der Waals surface area contributed by atoms with Gasteiger partial charge in [-0.3, -0.25) is 9.69 Å². The minimum atomic E-state index is -0.606. The Morgan fingerprint density at radius 1 is 1.19 bits per heavy atom. The Labute approximate surface area is 127 Å². The van der Waals surface area contributed by atoms with Crippen LogP contribution in [0.25, 0.3) is 0 Å². The van der Waals surface area contributed by atoms with Crippen LogP contribution in [0.4, 0.5) is 0 Å². The molecule has 1 aliphatic carbocycles. The number of amides is 1. The van der Waals surface area contributed by atoms with Gasteiger partial charge < -0.3 is 10.6 Å². The minimum Gasteiger partial charge on any atom is -0.337 e. The first-order chi connectivity index (χ1) is 10.2. The predicted molar refractivity (Wildman–Crippen MR) is 80.5 cm³/mol. The average molecular weight is 290 g/mol. The number of carbonyl (C=O) groups is 1. The summed E-state index contributed by atoms with van der Waals surface area (Å²) < 4.78 is 0. The summed E-state index contributed by atoms with van der Waals surface area (Å²) in [5.74, 6) is 1.45. The molecule has 3 fully saturated rings. The molecular weight excluding hydrogens is 264 g/mol. The highest BCUT2D eigenvalue weighted by molar-refractivity contribution is 5.79. The topological polar surface area (TPSA) is 68.2 Å². The van der Waals surface area contributed by atoms with Crippen molar-refractivity contribution < 1.29 is 4.79 Å². The largest absolute Gasteiger partial charge is 0.337 e. The number of hydrogen-bond donors (Lipinski definition) is 2. The van der Waals surface area contributed by atoms with E-state index in [0.29, 0.717) is 18.4 Å². The van der Waals surface area contributed by atoms with Crippen LogP contribution in [0, 0.1) is 23.2 Å². The maximum absolute atomic E-state index is 12.3. The van der Waals surface area contributed by atoms with Gasteiger partial charge >= 0.3 is 0 Å². The van der Waals surface area contributed by atoms with E-state index in [1.807, 2.05) is 0 Å². The first kappa shape index (κ1) is 14.8. The van der Waals surface area contributed by atoms with Crippen LogP contribution in [0.1, 0.15) is 38.5 Å². The molecule has 0 aromatic carbocycles. The maximum atomic E-state index is 12.3. The zero-order valence-corrected chi connectivity index (χ0v) is 12.7. The molecule has 5 nitrogen and oxygen atoms in total. The van der Waals surface area contributed by atoms with E-state index in [0.717, 1.165) is 51.9 Å². The summed E-state index contributed by atoms with van der Waals surface area (Å²) in [4.78, 5) is 14.6. The Balaban J connectivity index is 1.52. The molecule has 1 saturated carbocycles. The van der Waals surface area contributed by atoms with Crippen LogP contribution in [0.3, 0.4) is 0 Å². The first-order valence-electron chi connectivity index (χ1n) is 8.36. The van der Waals surface area contributed by atoms with Gasteiger partial charge in [0, 0.05) is 13.1 Å². The standard InChI is InChI=1S/C16H26N4O/c17-12-16(5-3-1-2-4-6-16)19-15(21)11-20-9-13-7-18-8-14(13)10-20/h13-14,18H,1-11H2,(H,19,21). The average Bonchev–Trinajstić information content (AvgIpc) is 2.94. The molecule has 0 bridgehead atoms. The van der Waals surface area contributed by atoms with Crippen LogP contribution in [-0.4, -0.2) is 49.1 Å². The van der Waals surface area contributed by atoms with Crippen molar-refractivity contribution >= 4 is 5.91 Å². The van der Waals surface area contributed by atoms with Crippen molar-refractivity contribution in [3.63, 3.8) is 0 Å². The van der Waals surface area contributed by atoms with Gasteiger partial charge in [-0.1, -0.05) is 25.7 Å². The molecule has 5 heteroatoms. The van der Waals surface area contributed by atoms with Gasteiger partial charge in [0.15, 0.2) is 0 Å². The summed E-state index contributed by atoms with van der Waals surface area (Å²) in [7, 11) is 0. The van der Waals surface area contributed by atoms with E-state index in [1.54, 1.807) is 0 Å². The highest BCUT2D eigenvalue weighted by atomic mass is 16.2. The molecule has 2 N–H and O–H groups in total. The minimum absolute atomic E-state index is 0.0337. The van der Waals surface area contributed by atoms with Gasteiger partial charge in [0.25, 0.3) is 0 Å². The third kappa shape index (κ3) is 3.38. The summed E-state index contributed by atoms with van der Waals surface area (Å²) in [6.07, 6.45) is 6.08. The fourth-order valence-electron chi connectivity index (χ4n) is 4.19. The summed E-state index contributed by atoms with van der Waals surface area (Å²) in [6.45, 7) is 4.67. The van der Waals surface area contributed by atoms with Crippen molar-refractivity contribution in [1.29, 1.82) is 5.26 Å². The maximum Gasteiger partial charge on any atom is 0.235 e. The number of nitrogens with one attached hydrogen (secondary N) is 2. The van der Waals surface area contributed by atoms with E-state index in [2.05, 4.69) is 21.6 Å². The Morgan fingerprint density at radius 3 is 2.38 bits per heavy atom. The van der Waals surface area contributed by atoms with Gasteiger partial charge in [0.2, 0.25) is 5.91 Å².